The third kappa shape index (κ3) is 1.33. The zero-order chi connectivity index (χ0) is 8.39. The lowest BCUT2D eigenvalue weighted by Crippen LogP contribution is -2.23. The third-order valence-corrected chi connectivity index (χ3v) is 2.85. The summed E-state index contributed by atoms with van der Waals surface area (Å²) in [5, 5.41) is 12.9. The second-order valence-electron chi connectivity index (χ2n) is 3.63. The van der Waals surface area contributed by atoms with Crippen LogP contribution in [0.4, 0.5) is 0 Å². The minimum atomic E-state index is 0.0706. The molecule has 68 valence electrons. The molecule has 2 unspecified atom stereocenters. The first-order valence-electron chi connectivity index (χ1n) is 4.75. The molecule has 0 aromatic carbocycles. The number of hydrogen-bond donors (Lipinski definition) is 1. The van der Waals surface area contributed by atoms with Gasteiger partial charge in [0.05, 0.1) is 12.3 Å². The zero-order valence-corrected chi connectivity index (χ0v) is 7.20. The van der Waals surface area contributed by atoms with E-state index in [2.05, 4.69) is 5.16 Å². The first kappa shape index (κ1) is 8.05. The van der Waals surface area contributed by atoms with E-state index in [1.807, 2.05) is 0 Å². The van der Waals surface area contributed by atoms with Crippen LogP contribution in [0.1, 0.15) is 32.1 Å². The van der Waals surface area contributed by atoms with E-state index >= 15 is 0 Å². The van der Waals surface area contributed by atoms with Crippen molar-refractivity contribution in [2.24, 2.45) is 11.1 Å². The Morgan fingerprint density at radius 2 is 2.17 bits per heavy atom. The average molecular weight is 169 g/mol. The van der Waals surface area contributed by atoms with Crippen molar-refractivity contribution in [2.75, 3.05) is 6.61 Å². The Morgan fingerprint density at radius 3 is 3.00 bits per heavy atom. The van der Waals surface area contributed by atoms with Gasteiger partial charge >= 0.3 is 0 Å². The smallest absolute Gasteiger partial charge is 0.135 e. The van der Waals surface area contributed by atoms with Gasteiger partial charge < -0.3 is 9.94 Å². The maximum absolute atomic E-state index is 8.99. The average Bonchev–Trinajstić information content (AvgIpc) is 2.33. The Hall–Kier alpha value is -0.570. The van der Waals surface area contributed by atoms with Crippen LogP contribution in [0.25, 0.3) is 0 Å². The largest absolute Gasteiger partial charge is 0.392 e. The lowest BCUT2D eigenvalue weighted by atomic mass is 9.93. The minimum Gasteiger partial charge on any atom is -0.392 e. The summed E-state index contributed by atoms with van der Waals surface area (Å²) in [5.74, 6) is 0.414. The fourth-order valence-electron chi connectivity index (χ4n) is 2.13. The second kappa shape index (κ2) is 3.44. The van der Waals surface area contributed by atoms with Crippen LogP contribution >= 0.6 is 0 Å². The molecule has 3 nitrogen and oxygen atoms in total. The van der Waals surface area contributed by atoms with Gasteiger partial charge in [0, 0.05) is 5.92 Å². The molecule has 1 aliphatic heterocycles. The van der Waals surface area contributed by atoms with Crippen LogP contribution in [-0.4, -0.2) is 23.5 Å². The first-order valence-corrected chi connectivity index (χ1v) is 4.75. The highest BCUT2D eigenvalue weighted by atomic mass is 16.6. The number of rotatable bonds is 1. The predicted molar refractivity (Wildman–Crippen MR) is 46.0 cm³/mol. The van der Waals surface area contributed by atoms with Crippen molar-refractivity contribution in [1.82, 2.24) is 0 Å². The molecule has 2 rings (SSSR count). The van der Waals surface area contributed by atoms with Gasteiger partial charge in [-0.2, -0.15) is 0 Å². The Bertz CT molecular complexity index is 191. The first-order chi connectivity index (χ1) is 5.92. The third-order valence-electron chi connectivity index (χ3n) is 2.85. The predicted octanol–water partition coefficient (Wildman–Crippen LogP) is 1.31. The zero-order valence-electron chi connectivity index (χ0n) is 7.20. The van der Waals surface area contributed by atoms with Crippen molar-refractivity contribution in [3.8, 4) is 0 Å². The Morgan fingerprint density at radius 1 is 1.33 bits per heavy atom. The van der Waals surface area contributed by atoms with Gasteiger partial charge in [-0.05, 0) is 19.3 Å². The molecule has 1 heterocycles. The second-order valence-corrected chi connectivity index (χ2v) is 3.63. The van der Waals surface area contributed by atoms with Gasteiger partial charge in [-0.15, -0.1) is 0 Å². The quantitative estimate of drug-likeness (QED) is 0.643. The van der Waals surface area contributed by atoms with Crippen molar-refractivity contribution in [3.05, 3.63) is 0 Å². The number of aliphatic hydroxyl groups excluding tert-OH is 1. The maximum Gasteiger partial charge on any atom is 0.135 e. The molecular formula is C9H15NO2. The summed E-state index contributed by atoms with van der Waals surface area (Å²) in [4.78, 5) is 5.27. The molecule has 0 saturated heterocycles. The molecule has 0 amide bonds. The molecule has 1 N–H and O–H groups in total. The molecule has 2 aliphatic rings. The Balaban J connectivity index is 2.05. The molecule has 12 heavy (non-hydrogen) atoms. The van der Waals surface area contributed by atoms with Gasteiger partial charge in [0.1, 0.15) is 6.10 Å². The number of fused-ring (bicyclic) bond motifs is 1. The summed E-state index contributed by atoms with van der Waals surface area (Å²) < 4.78 is 0. The van der Waals surface area contributed by atoms with Crippen molar-refractivity contribution in [3.63, 3.8) is 0 Å². The van der Waals surface area contributed by atoms with Crippen LogP contribution < -0.4 is 0 Å². The molecule has 1 fully saturated rings. The van der Waals surface area contributed by atoms with E-state index in [0.717, 1.165) is 18.6 Å². The highest BCUT2D eigenvalue weighted by molar-refractivity contribution is 5.88. The van der Waals surface area contributed by atoms with E-state index in [1.165, 1.54) is 19.3 Å². The van der Waals surface area contributed by atoms with Gasteiger partial charge in [-0.25, -0.2) is 0 Å². The summed E-state index contributed by atoms with van der Waals surface area (Å²) in [7, 11) is 0. The van der Waals surface area contributed by atoms with Crippen LogP contribution in [0.5, 0.6) is 0 Å². The van der Waals surface area contributed by atoms with E-state index in [0.29, 0.717) is 5.92 Å². The molecule has 3 heteroatoms. The SMILES string of the molecule is OCC1=NOC2CCCCCC12. The van der Waals surface area contributed by atoms with Crippen molar-refractivity contribution < 1.29 is 9.94 Å². The summed E-state index contributed by atoms with van der Waals surface area (Å²) in [6.07, 6.45) is 6.32. The van der Waals surface area contributed by atoms with Gasteiger partial charge in [0.2, 0.25) is 0 Å². The summed E-state index contributed by atoms with van der Waals surface area (Å²) in [6.45, 7) is 0.0706. The van der Waals surface area contributed by atoms with E-state index in [9.17, 15) is 0 Å². The number of oxime groups is 1. The van der Waals surface area contributed by atoms with Crippen LogP contribution in [0.15, 0.2) is 5.16 Å². The molecule has 1 aliphatic carbocycles. The fraction of sp³-hybridized carbons (Fsp3) is 0.889. The monoisotopic (exact) mass is 169 g/mol. The van der Waals surface area contributed by atoms with Gasteiger partial charge in [-0.3, -0.25) is 0 Å². The summed E-state index contributed by atoms with van der Waals surface area (Å²) in [5.41, 5.74) is 0.863. The van der Waals surface area contributed by atoms with Crippen LogP contribution in [0.3, 0.4) is 0 Å². The molecule has 0 spiro atoms. The molecule has 0 aromatic rings. The molecule has 0 bridgehead atoms. The van der Waals surface area contributed by atoms with Crippen molar-refractivity contribution in [1.29, 1.82) is 0 Å². The molecule has 2 atom stereocenters. The molecular weight excluding hydrogens is 154 g/mol. The molecule has 0 radical (unpaired) electrons. The Labute approximate surface area is 72.4 Å². The topological polar surface area (TPSA) is 41.8 Å². The van der Waals surface area contributed by atoms with E-state index in [1.54, 1.807) is 0 Å². The highest BCUT2D eigenvalue weighted by Crippen LogP contribution is 2.30. The van der Waals surface area contributed by atoms with Crippen molar-refractivity contribution >= 4 is 5.71 Å². The number of nitrogens with zero attached hydrogens (tertiary/aromatic N) is 1. The van der Waals surface area contributed by atoms with Gasteiger partial charge in [-0.1, -0.05) is 18.0 Å². The molecule has 0 aromatic heterocycles. The van der Waals surface area contributed by atoms with Crippen LogP contribution in [0.2, 0.25) is 0 Å². The molecule has 1 saturated carbocycles. The number of hydrogen-bond acceptors (Lipinski definition) is 3. The normalized spacial score (nSPS) is 34.9. The van der Waals surface area contributed by atoms with Gasteiger partial charge in [0.25, 0.3) is 0 Å². The lowest BCUT2D eigenvalue weighted by Gasteiger charge is -2.13. The standard InChI is InChI=1S/C9H15NO2/c11-6-8-7-4-2-1-3-5-9(7)12-10-8/h7,9,11H,1-6H2. The summed E-state index contributed by atoms with van der Waals surface area (Å²) >= 11 is 0. The number of aliphatic hydroxyl groups is 1. The fourth-order valence-corrected chi connectivity index (χ4v) is 2.13. The maximum atomic E-state index is 8.99. The Kier molecular flexibility index (Phi) is 2.30. The van der Waals surface area contributed by atoms with E-state index < -0.39 is 0 Å². The lowest BCUT2D eigenvalue weighted by molar-refractivity contribution is 0.0571. The van der Waals surface area contributed by atoms with Crippen LogP contribution in [0, 0.1) is 5.92 Å². The van der Waals surface area contributed by atoms with E-state index in [-0.39, 0.29) is 12.7 Å². The van der Waals surface area contributed by atoms with Crippen LogP contribution in [-0.2, 0) is 4.84 Å². The highest BCUT2D eigenvalue weighted by Gasteiger charge is 2.33. The van der Waals surface area contributed by atoms with Crippen molar-refractivity contribution in [2.45, 2.75) is 38.2 Å². The summed E-state index contributed by atoms with van der Waals surface area (Å²) in [6, 6.07) is 0. The van der Waals surface area contributed by atoms with E-state index in [4.69, 9.17) is 9.94 Å². The van der Waals surface area contributed by atoms with Gasteiger partial charge in [0.15, 0.2) is 0 Å². The minimum absolute atomic E-state index is 0.0706.